The Morgan fingerprint density at radius 3 is 2.88 bits per heavy atom. The molecule has 0 saturated carbocycles. The summed E-state index contributed by atoms with van der Waals surface area (Å²) < 4.78 is 0. The van der Waals surface area contributed by atoms with Gasteiger partial charge < -0.3 is 4.90 Å². The predicted molar refractivity (Wildman–Crippen MR) is 38.6 cm³/mol. The SMILES string of the molecule is CN1CCN=C1C=S. The summed E-state index contributed by atoms with van der Waals surface area (Å²) in [7, 11) is 1.99. The Balaban J connectivity index is 2.62. The topological polar surface area (TPSA) is 15.6 Å². The van der Waals surface area contributed by atoms with Crippen LogP contribution in [0.4, 0.5) is 0 Å². The number of amidine groups is 1. The van der Waals surface area contributed by atoms with Gasteiger partial charge >= 0.3 is 0 Å². The average Bonchev–Trinajstić information content (AvgIpc) is 2.14. The Morgan fingerprint density at radius 1 is 1.88 bits per heavy atom. The van der Waals surface area contributed by atoms with Crippen molar-refractivity contribution < 1.29 is 0 Å². The zero-order chi connectivity index (χ0) is 5.98. The second-order valence-corrected chi connectivity index (χ2v) is 2.02. The monoisotopic (exact) mass is 128 g/mol. The van der Waals surface area contributed by atoms with E-state index in [1.807, 2.05) is 11.9 Å². The van der Waals surface area contributed by atoms with Gasteiger partial charge in [-0.3, -0.25) is 4.99 Å². The van der Waals surface area contributed by atoms with Gasteiger partial charge in [-0.1, -0.05) is 12.2 Å². The van der Waals surface area contributed by atoms with Crippen molar-refractivity contribution in [3.8, 4) is 0 Å². The molecule has 1 aliphatic heterocycles. The minimum Gasteiger partial charge on any atom is -0.357 e. The zero-order valence-electron chi connectivity index (χ0n) is 4.79. The number of rotatable bonds is 1. The van der Waals surface area contributed by atoms with Crippen molar-refractivity contribution in [3.05, 3.63) is 0 Å². The fraction of sp³-hybridized carbons (Fsp3) is 0.600. The molecule has 1 heterocycles. The summed E-state index contributed by atoms with van der Waals surface area (Å²) in [5.41, 5.74) is 0. The first-order valence-corrected chi connectivity index (χ1v) is 3.02. The van der Waals surface area contributed by atoms with Crippen molar-refractivity contribution >= 4 is 23.4 Å². The molecular formula is C5H8N2S. The Kier molecular flexibility index (Phi) is 1.58. The zero-order valence-corrected chi connectivity index (χ0v) is 5.61. The van der Waals surface area contributed by atoms with Gasteiger partial charge in [-0.05, 0) is 0 Å². The number of nitrogens with zero attached hydrogens (tertiary/aromatic N) is 2. The fourth-order valence-electron chi connectivity index (χ4n) is 0.677. The van der Waals surface area contributed by atoms with Crippen LogP contribution in [0.15, 0.2) is 4.99 Å². The number of aliphatic imine (C=N–C) groups is 1. The van der Waals surface area contributed by atoms with Crippen LogP contribution in [-0.2, 0) is 0 Å². The van der Waals surface area contributed by atoms with Crippen LogP contribution in [0.2, 0.25) is 0 Å². The Bertz CT molecular complexity index is 130. The van der Waals surface area contributed by atoms with Crippen molar-refractivity contribution in [1.29, 1.82) is 0 Å². The highest BCUT2D eigenvalue weighted by molar-refractivity contribution is 7.80. The first-order valence-electron chi connectivity index (χ1n) is 2.55. The Labute approximate surface area is 54.2 Å². The lowest BCUT2D eigenvalue weighted by Gasteiger charge is -2.07. The van der Waals surface area contributed by atoms with Gasteiger partial charge in [-0.15, -0.1) is 0 Å². The molecule has 2 nitrogen and oxygen atoms in total. The van der Waals surface area contributed by atoms with Crippen LogP contribution in [0, 0.1) is 0 Å². The standard InChI is InChI=1S/C5H8N2S/c1-7-3-2-6-5(7)4-8/h4H,2-3H2,1H3. The molecule has 1 rings (SSSR count). The molecule has 0 saturated heterocycles. The minimum absolute atomic E-state index is 0.902. The molecule has 0 unspecified atom stereocenters. The largest absolute Gasteiger partial charge is 0.357 e. The second-order valence-electron chi connectivity index (χ2n) is 1.78. The molecule has 0 aromatic heterocycles. The molecule has 0 N–H and O–H groups in total. The normalized spacial score (nSPS) is 18.6. The van der Waals surface area contributed by atoms with E-state index in [1.165, 1.54) is 0 Å². The van der Waals surface area contributed by atoms with E-state index >= 15 is 0 Å². The molecular weight excluding hydrogens is 120 g/mol. The maximum absolute atomic E-state index is 4.69. The lowest BCUT2D eigenvalue weighted by atomic mass is 10.6. The Hall–Kier alpha value is -0.440. The third-order valence-electron chi connectivity index (χ3n) is 1.21. The van der Waals surface area contributed by atoms with Crippen molar-refractivity contribution in [2.45, 2.75) is 0 Å². The summed E-state index contributed by atoms with van der Waals surface area (Å²) in [5.74, 6) is 0.944. The van der Waals surface area contributed by atoms with Crippen molar-refractivity contribution in [2.75, 3.05) is 20.1 Å². The molecule has 8 heavy (non-hydrogen) atoms. The summed E-state index contributed by atoms with van der Waals surface area (Å²) in [6.45, 7) is 1.92. The summed E-state index contributed by atoms with van der Waals surface area (Å²) in [5, 5.41) is 1.62. The molecule has 0 amide bonds. The number of thiocarbonyl (C=S) groups is 1. The summed E-state index contributed by atoms with van der Waals surface area (Å²) in [4.78, 5) is 6.17. The fourth-order valence-corrected chi connectivity index (χ4v) is 0.932. The first-order chi connectivity index (χ1) is 3.84. The second kappa shape index (κ2) is 2.22. The summed E-state index contributed by atoms with van der Waals surface area (Å²) >= 11 is 4.69. The number of likely N-dealkylation sites (N-methyl/N-ethyl adjacent to an activating group) is 1. The smallest absolute Gasteiger partial charge is 0.134 e. The van der Waals surface area contributed by atoms with Crippen molar-refractivity contribution in [2.24, 2.45) is 4.99 Å². The lowest BCUT2D eigenvalue weighted by Crippen LogP contribution is -2.22. The van der Waals surface area contributed by atoms with Gasteiger partial charge in [0.1, 0.15) is 5.84 Å². The van der Waals surface area contributed by atoms with Crippen LogP contribution in [0.5, 0.6) is 0 Å². The van der Waals surface area contributed by atoms with Crippen molar-refractivity contribution in [1.82, 2.24) is 4.90 Å². The van der Waals surface area contributed by atoms with Gasteiger partial charge in [-0.2, -0.15) is 0 Å². The van der Waals surface area contributed by atoms with Gasteiger partial charge in [0.05, 0.1) is 6.54 Å². The Morgan fingerprint density at radius 2 is 2.62 bits per heavy atom. The molecule has 0 bridgehead atoms. The van der Waals surface area contributed by atoms with Gasteiger partial charge in [-0.25, -0.2) is 0 Å². The highest BCUT2D eigenvalue weighted by atomic mass is 32.1. The van der Waals surface area contributed by atoms with Gasteiger partial charge in [0.15, 0.2) is 0 Å². The van der Waals surface area contributed by atoms with E-state index in [4.69, 9.17) is 12.2 Å². The van der Waals surface area contributed by atoms with Crippen LogP contribution in [0.3, 0.4) is 0 Å². The van der Waals surface area contributed by atoms with Gasteiger partial charge in [0.25, 0.3) is 0 Å². The molecule has 1 aliphatic rings. The minimum atomic E-state index is 0.902. The molecule has 0 fully saturated rings. The molecule has 44 valence electrons. The molecule has 3 heteroatoms. The maximum Gasteiger partial charge on any atom is 0.134 e. The highest BCUT2D eigenvalue weighted by Crippen LogP contribution is 1.94. The van der Waals surface area contributed by atoms with Crippen LogP contribution in [-0.4, -0.2) is 36.2 Å². The maximum atomic E-state index is 4.69. The van der Waals surface area contributed by atoms with E-state index in [2.05, 4.69) is 4.99 Å². The van der Waals surface area contributed by atoms with Crippen molar-refractivity contribution in [3.63, 3.8) is 0 Å². The van der Waals surface area contributed by atoms with Crippen LogP contribution < -0.4 is 0 Å². The van der Waals surface area contributed by atoms with E-state index in [-0.39, 0.29) is 0 Å². The van der Waals surface area contributed by atoms with E-state index in [1.54, 1.807) is 5.37 Å². The molecule has 0 spiro atoms. The molecule has 0 aromatic carbocycles. The first kappa shape index (κ1) is 5.69. The molecule has 0 atom stereocenters. The van der Waals surface area contributed by atoms with Crippen LogP contribution in [0.1, 0.15) is 0 Å². The van der Waals surface area contributed by atoms with Crippen LogP contribution in [0.25, 0.3) is 0 Å². The third kappa shape index (κ3) is 0.865. The molecule has 0 aliphatic carbocycles. The van der Waals surface area contributed by atoms with E-state index < -0.39 is 0 Å². The average molecular weight is 128 g/mol. The quantitative estimate of drug-likeness (QED) is 0.473. The predicted octanol–water partition coefficient (Wildman–Crippen LogP) is 0.330. The van der Waals surface area contributed by atoms with E-state index in [0.29, 0.717) is 0 Å². The van der Waals surface area contributed by atoms with Gasteiger partial charge in [0.2, 0.25) is 0 Å². The molecule has 0 aromatic rings. The van der Waals surface area contributed by atoms with Gasteiger partial charge in [0, 0.05) is 19.0 Å². The third-order valence-corrected chi connectivity index (χ3v) is 1.42. The summed E-state index contributed by atoms with van der Waals surface area (Å²) in [6.07, 6.45) is 0. The van der Waals surface area contributed by atoms with E-state index in [0.717, 1.165) is 18.9 Å². The number of hydrogen-bond donors (Lipinski definition) is 0. The highest BCUT2D eigenvalue weighted by Gasteiger charge is 2.07. The van der Waals surface area contributed by atoms with Crippen LogP contribution >= 0.6 is 12.2 Å². The summed E-state index contributed by atoms with van der Waals surface area (Å²) in [6, 6.07) is 0. The number of hydrogen-bond acceptors (Lipinski definition) is 3. The van der Waals surface area contributed by atoms with E-state index in [9.17, 15) is 0 Å². The lowest BCUT2D eigenvalue weighted by molar-refractivity contribution is 0.562. The molecule has 0 radical (unpaired) electrons.